The fourth-order valence-electron chi connectivity index (χ4n) is 4.92. The minimum atomic E-state index is 0.282. The average Bonchev–Trinajstić information content (AvgIpc) is 2.93. The van der Waals surface area contributed by atoms with Crippen molar-refractivity contribution in [2.75, 3.05) is 5.32 Å². The number of nitrogens with one attached hydrogen (secondary N) is 1. The van der Waals surface area contributed by atoms with Crippen LogP contribution in [-0.4, -0.2) is 20.8 Å². The van der Waals surface area contributed by atoms with Gasteiger partial charge >= 0.3 is 0 Å². The second-order valence-corrected chi connectivity index (χ2v) is 6.92. The maximum absolute atomic E-state index is 4.88. The van der Waals surface area contributed by atoms with Gasteiger partial charge < -0.3 is 5.32 Å². The van der Waals surface area contributed by atoms with Crippen LogP contribution in [0.5, 0.6) is 0 Å². The van der Waals surface area contributed by atoms with Crippen molar-refractivity contribution >= 4 is 5.95 Å². The third-order valence-electron chi connectivity index (χ3n) is 5.88. The number of nitrogens with zero attached hydrogens (tertiary/aromatic N) is 3. The molecule has 0 unspecified atom stereocenters. The molecule has 0 amide bonds. The smallest absolute Gasteiger partial charge is 0.222 e. The molecular formula is C16H26N4. The quantitative estimate of drug-likeness (QED) is 0.852. The highest BCUT2D eigenvalue weighted by atomic mass is 15.5. The lowest BCUT2D eigenvalue weighted by Gasteiger charge is -2.52. The van der Waals surface area contributed by atoms with Crippen LogP contribution in [0.4, 0.5) is 5.95 Å². The Morgan fingerprint density at radius 2 is 1.95 bits per heavy atom. The van der Waals surface area contributed by atoms with Crippen molar-refractivity contribution in [3.8, 4) is 0 Å². The summed E-state index contributed by atoms with van der Waals surface area (Å²) in [6.45, 7) is 2.15. The molecule has 1 spiro atoms. The molecule has 0 radical (unpaired) electrons. The van der Waals surface area contributed by atoms with Crippen molar-refractivity contribution in [2.24, 2.45) is 5.92 Å². The third-order valence-corrected chi connectivity index (χ3v) is 5.88. The lowest BCUT2D eigenvalue weighted by atomic mass is 9.64. The van der Waals surface area contributed by atoms with E-state index in [0.717, 1.165) is 24.1 Å². The summed E-state index contributed by atoms with van der Waals surface area (Å²) in [5, 5.41) is 8.59. The van der Waals surface area contributed by atoms with E-state index >= 15 is 0 Å². The average molecular weight is 274 g/mol. The molecule has 1 aromatic heterocycles. The summed E-state index contributed by atoms with van der Waals surface area (Å²) in [5.41, 5.74) is 0.282. The summed E-state index contributed by atoms with van der Waals surface area (Å²) in [6.07, 6.45) is 13.2. The lowest BCUT2D eigenvalue weighted by molar-refractivity contribution is 0.0451. The van der Waals surface area contributed by atoms with E-state index < -0.39 is 0 Å². The number of aromatic nitrogens is 3. The molecule has 1 aromatic rings. The number of fused-ring (bicyclic) bond motifs is 4. The predicted molar refractivity (Wildman–Crippen MR) is 79.8 cm³/mol. The molecular weight excluding hydrogens is 248 g/mol. The molecule has 20 heavy (non-hydrogen) atoms. The van der Waals surface area contributed by atoms with Crippen molar-refractivity contribution < 1.29 is 0 Å². The molecule has 110 valence electrons. The Morgan fingerprint density at radius 3 is 2.75 bits per heavy atom. The zero-order valence-corrected chi connectivity index (χ0v) is 12.6. The molecule has 2 atom stereocenters. The van der Waals surface area contributed by atoms with Gasteiger partial charge in [-0.05, 0) is 25.7 Å². The van der Waals surface area contributed by atoms with Gasteiger partial charge in [-0.15, -0.1) is 0 Å². The molecule has 4 heteroatoms. The van der Waals surface area contributed by atoms with Gasteiger partial charge in [0.15, 0.2) is 5.82 Å². The molecule has 0 aromatic carbocycles. The van der Waals surface area contributed by atoms with Gasteiger partial charge in [0.25, 0.3) is 0 Å². The molecule has 3 aliphatic rings. The summed E-state index contributed by atoms with van der Waals surface area (Å²) in [5.74, 6) is 2.85. The van der Waals surface area contributed by atoms with Crippen LogP contribution in [0, 0.1) is 5.92 Å². The Morgan fingerprint density at radius 1 is 1.15 bits per heavy atom. The fraction of sp³-hybridized carbons (Fsp3) is 0.875. The first kappa shape index (κ1) is 12.7. The monoisotopic (exact) mass is 274 g/mol. The maximum atomic E-state index is 4.88. The molecule has 4 rings (SSSR count). The number of hydrogen-bond acceptors (Lipinski definition) is 3. The third kappa shape index (κ3) is 1.73. The van der Waals surface area contributed by atoms with Gasteiger partial charge in [-0.2, -0.15) is 10.1 Å². The zero-order chi connectivity index (χ0) is 13.6. The molecule has 0 bridgehead atoms. The normalized spacial score (nSPS) is 31.4. The maximum Gasteiger partial charge on any atom is 0.222 e. The second-order valence-electron chi connectivity index (χ2n) is 6.92. The van der Waals surface area contributed by atoms with Crippen LogP contribution in [0.25, 0.3) is 0 Å². The van der Waals surface area contributed by atoms with Gasteiger partial charge in [0.1, 0.15) is 0 Å². The van der Waals surface area contributed by atoms with Crippen molar-refractivity contribution in [1.29, 1.82) is 0 Å². The van der Waals surface area contributed by atoms with Crippen LogP contribution >= 0.6 is 0 Å². The summed E-state index contributed by atoms with van der Waals surface area (Å²) in [6, 6.07) is 0.642. The molecule has 2 fully saturated rings. The van der Waals surface area contributed by atoms with E-state index in [2.05, 4.69) is 16.9 Å². The Kier molecular flexibility index (Phi) is 3.00. The molecule has 2 heterocycles. The Labute approximate surface area is 121 Å². The SMILES string of the molecule is CCc1nc2n(n1)C1(CCCCC1)[C@@H]1CCCC[C@@H]1N2. The van der Waals surface area contributed by atoms with Crippen LogP contribution in [0.3, 0.4) is 0 Å². The summed E-state index contributed by atoms with van der Waals surface area (Å²) >= 11 is 0. The summed E-state index contributed by atoms with van der Waals surface area (Å²) in [7, 11) is 0. The van der Waals surface area contributed by atoms with E-state index in [9.17, 15) is 0 Å². The van der Waals surface area contributed by atoms with Gasteiger partial charge in [-0.25, -0.2) is 4.68 Å². The minimum Gasteiger partial charge on any atom is -0.351 e. The number of rotatable bonds is 1. The number of anilines is 1. The van der Waals surface area contributed by atoms with E-state index in [-0.39, 0.29) is 5.54 Å². The fourth-order valence-corrected chi connectivity index (χ4v) is 4.92. The summed E-state index contributed by atoms with van der Waals surface area (Å²) < 4.78 is 2.32. The molecule has 2 aliphatic carbocycles. The van der Waals surface area contributed by atoms with E-state index in [1.165, 1.54) is 57.8 Å². The van der Waals surface area contributed by atoms with Crippen molar-refractivity contribution in [2.45, 2.75) is 82.7 Å². The highest BCUT2D eigenvalue weighted by Crippen LogP contribution is 2.50. The van der Waals surface area contributed by atoms with Crippen molar-refractivity contribution in [3.63, 3.8) is 0 Å². The first-order chi connectivity index (χ1) is 9.83. The van der Waals surface area contributed by atoms with Crippen molar-refractivity contribution in [3.05, 3.63) is 5.82 Å². The topological polar surface area (TPSA) is 42.7 Å². The summed E-state index contributed by atoms with van der Waals surface area (Å²) in [4.78, 5) is 4.75. The van der Waals surface area contributed by atoms with Gasteiger partial charge in [-0.1, -0.05) is 39.0 Å². The van der Waals surface area contributed by atoms with Crippen LogP contribution in [0.1, 0.15) is 70.5 Å². The van der Waals surface area contributed by atoms with Crippen LogP contribution in [0.15, 0.2) is 0 Å². The van der Waals surface area contributed by atoms with Crippen molar-refractivity contribution in [1.82, 2.24) is 14.8 Å². The standard InChI is InChI=1S/C16H26N4/c1-2-14-18-15-17-13-9-5-4-8-12(13)16(20(15)19-14)10-6-3-7-11-16/h12-13H,2-11H2,1H3,(H,17,18,19)/t12-,13+/m1/s1. The second kappa shape index (κ2) is 4.74. The van der Waals surface area contributed by atoms with Gasteiger partial charge in [0.05, 0.1) is 5.54 Å². The molecule has 0 saturated heterocycles. The van der Waals surface area contributed by atoms with Gasteiger partial charge in [-0.3, -0.25) is 0 Å². The Balaban J connectivity index is 1.81. The molecule has 2 saturated carbocycles. The van der Waals surface area contributed by atoms with E-state index in [1.54, 1.807) is 0 Å². The van der Waals surface area contributed by atoms with Gasteiger partial charge in [0, 0.05) is 18.4 Å². The zero-order valence-electron chi connectivity index (χ0n) is 12.6. The van der Waals surface area contributed by atoms with E-state index in [4.69, 9.17) is 10.1 Å². The van der Waals surface area contributed by atoms with Crippen LogP contribution in [0.2, 0.25) is 0 Å². The van der Waals surface area contributed by atoms with Crippen LogP contribution < -0.4 is 5.32 Å². The Hall–Kier alpha value is -1.06. The van der Waals surface area contributed by atoms with E-state index in [0.29, 0.717) is 6.04 Å². The largest absolute Gasteiger partial charge is 0.351 e. The highest BCUT2D eigenvalue weighted by molar-refractivity contribution is 5.34. The van der Waals surface area contributed by atoms with Gasteiger partial charge in [0.2, 0.25) is 5.95 Å². The van der Waals surface area contributed by atoms with E-state index in [1.807, 2.05) is 0 Å². The number of hydrogen-bond donors (Lipinski definition) is 1. The lowest BCUT2D eigenvalue weighted by Crippen LogP contribution is -2.55. The minimum absolute atomic E-state index is 0.282. The number of aryl methyl sites for hydroxylation is 1. The predicted octanol–water partition coefficient (Wildman–Crippen LogP) is 3.48. The Bertz CT molecular complexity index is 487. The molecule has 4 nitrogen and oxygen atoms in total. The molecule has 1 aliphatic heterocycles. The van der Waals surface area contributed by atoms with Crippen LogP contribution in [-0.2, 0) is 12.0 Å². The molecule has 1 N–H and O–H groups in total. The highest BCUT2D eigenvalue weighted by Gasteiger charge is 2.50. The first-order valence-corrected chi connectivity index (χ1v) is 8.56. The first-order valence-electron chi connectivity index (χ1n) is 8.56.